The summed E-state index contributed by atoms with van der Waals surface area (Å²) in [6.45, 7) is 6.06. The van der Waals surface area contributed by atoms with E-state index in [1.54, 1.807) is 0 Å². The first kappa shape index (κ1) is 12.7. The molecule has 0 aromatic rings. The van der Waals surface area contributed by atoms with E-state index in [0.29, 0.717) is 6.61 Å². The highest BCUT2D eigenvalue weighted by Crippen LogP contribution is 1.94. The SMILES string of the molecule is C=CCNC(=O)C(=O)OCCCCC. The quantitative estimate of drug-likeness (QED) is 0.301. The van der Waals surface area contributed by atoms with Crippen LogP contribution >= 0.6 is 0 Å². The van der Waals surface area contributed by atoms with Gasteiger partial charge in [-0.1, -0.05) is 25.8 Å². The average molecular weight is 199 g/mol. The highest BCUT2D eigenvalue weighted by atomic mass is 16.5. The van der Waals surface area contributed by atoms with Crippen molar-refractivity contribution < 1.29 is 14.3 Å². The summed E-state index contributed by atoms with van der Waals surface area (Å²) in [4.78, 5) is 21.9. The third kappa shape index (κ3) is 6.22. The Labute approximate surface area is 84.3 Å². The molecule has 0 aliphatic rings. The van der Waals surface area contributed by atoms with E-state index in [4.69, 9.17) is 4.74 Å². The molecule has 0 saturated carbocycles. The normalized spacial score (nSPS) is 9.21. The van der Waals surface area contributed by atoms with Crippen LogP contribution in [0.3, 0.4) is 0 Å². The average Bonchev–Trinajstić information content (AvgIpc) is 2.20. The number of unbranched alkanes of at least 4 members (excludes halogenated alkanes) is 2. The van der Waals surface area contributed by atoms with E-state index in [1.165, 1.54) is 6.08 Å². The zero-order valence-corrected chi connectivity index (χ0v) is 8.54. The first-order chi connectivity index (χ1) is 6.72. The van der Waals surface area contributed by atoms with Crippen LogP contribution in [0.1, 0.15) is 26.2 Å². The lowest BCUT2D eigenvalue weighted by molar-refractivity contribution is -0.154. The summed E-state index contributed by atoms with van der Waals surface area (Å²) in [5.74, 6) is -1.52. The van der Waals surface area contributed by atoms with E-state index >= 15 is 0 Å². The van der Waals surface area contributed by atoms with Crippen molar-refractivity contribution in [2.45, 2.75) is 26.2 Å². The second kappa shape index (κ2) is 8.29. The molecule has 0 aromatic carbocycles. The van der Waals surface area contributed by atoms with Crippen LogP contribution in [-0.4, -0.2) is 25.0 Å². The van der Waals surface area contributed by atoms with Gasteiger partial charge < -0.3 is 10.1 Å². The Kier molecular flexibility index (Phi) is 7.50. The maximum atomic E-state index is 10.9. The first-order valence-corrected chi connectivity index (χ1v) is 4.78. The molecule has 0 heterocycles. The molecule has 1 N–H and O–H groups in total. The molecule has 4 nitrogen and oxygen atoms in total. The maximum Gasteiger partial charge on any atom is 0.396 e. The summed E-state index contributed by atoms with van der Waals surface area (Å²) in [5.41, 5.74) is 0. The van der Waals surface area contributed by atoms with Crippen molar-refractivity contribution >= 4 is 11.9 Å². The van der Waals surface area contributed by atoms with Crippen LogP contribution in [0.15, 0.2) is 12.7 Å². The minimum atomic E-state index is -0.817. The molecule has 0 fully saturated rings. The molecule has 14 heavy (non-hydrogen) atoms. The van der Waals surface area contributed by atoms with Crippen molar-refractivity contribution in [3.8, 4) is 0 Å². The van der Waals surface area contributed by atoms with Crippen LogP contribution in [0.5, 0.6) is 0 Å². The Morgan fingerprint density at radius 2 is 2.14 bits per heavy atom. The molecule has 0 unspecified atom stereocenters. The minimum Gasteiger partial charge on any atom is -0.459 e. The lowest BCUT2D eigenvalue weighted by atomic mass is 10.3. The number of carbonyl (C=O) groups excluding carboxylic acids is 2. The molecule has 0 atom stereocenters. The van der Waals surface area contributed by atoms with Crippen LogP contribution in [0.4, 0.5) is 0 Å². The lowest BCUT2D eigenvalue weighted by Crippen LogP contribution is -2.32. The fourth-order valence-electron chi connectivity index (χ4n) is 0.820. The van der Waals surface area contributed by atoms with E-state index in [0.717, 1.165) is 19.3 Å². The van der Waals surface area contributed by atoms with Gasteiger partial charge >= 0.3 is 11.9 Å². The van der Waals surface area contributed by atoms with Crippen LogP contribution in [0.2, 0.25) is 0 Å². The molecule has 0 aromatic heterocycles. The maximum absolute atomic E-state index is 10.9. The van der Waals surface area contributed by atoms with E-state index in [9.17, 15) is 9.59 Å². The Hall–Kier alpha value is -1.32. The fourth-order valence-corrected chi connectivity index (χ4v) is 0.820. The van der Waals surface area contributed by atoms with Gasteiger partial charge in [0.05, 0.1) is 6.61 Å². The van der Waals surface area contributed by atoms with Gasteiger partial charge in [-0.05, 0) is 6.42 Å². The third-order valence-corrected chi connectivity index (χ3v) is 1.57. The molecule has 0 radical (unpaired) electrons. The van der Waals surface area contributed by atoms with Crippen molar-refractivity contribution in [2.24, 2.45) is 0 Å². The molecule has 0 saturated heterocycles. The second-order valence-electron chi connectivity index (χ2n) is 2.84. The summed E-state index contributed by atoms with van der Waals surface area (Å²) in [5, 5.41) is 2.34. The molecule has 0 rings (SSSR count). The highest BCUT2D eigenvalue weighted by molar-refractivity contribution is 6.32. The monoisotopic (exact) mass is 199 g/mol. The number of ether oxygens (including phenoxy) is 1. The van der Waals surface area contributed by atoms with Gasteiger partial charge in [0, 0.05) is 6.54 Å². The second-order valence-corrected chi connectivity index (χ2v) is 2.84. The number of nitrogens with one attached hydrogen (secondary N) is 1. The van der Waals surface area contributed by atoms with Crippen molar-refractivity contribution in [1.29, 1.82) is 0 Å². The zero-order valence-electron chi connectivity index (χ0n) is 8.54. The van der Waals surface area contributed by atoms with Gasteiger partial charge in [-0.2, -0.15) is 0 Å². The van der Waals surface area contributed by atoms with Crippen LogP contribution < -0.4 is 5.32 Å². The standard InChI is InChI=1S/C10H17NO3/c1-3-5-6-8-14-10(13)9(12)11-7-4-2/h4H,2-3,5-8H2,1H3,(H,11,12). The van der Waals surface area contributed by atoms with Gasteiger partial charge in [-0.15, -0.1) is 6.58 Å². The molecular weight excluding hydrogens is 182 g/mol. The topological polar surface area (TPSA) is 55.4 Å². The van der Waals surface area contributed by atoms with Crippen molar-refractivity contribution in [2.75, 3.05) is 13.2 Å². The number of rotatable bonds is 6. The molecule has 4 heteroatoms. The van der Waals surface area contributed by atoms with Crippen LogP contribution in [0, 0.1) is 0 Å². The summed E-state index contributed by atoms with van der Waals surface area (Å²) in [6, 6.07) is 0. The molecule has 0 aliphatic heterocycles. The number of esters is 1. The minimum absolute atomic E-state index is 0.281. The molecule has 0 aliphatic carbocycles. The van der Waals surface area contributed by atoms with Gasteiger partial charge in [-0.3, -0.25) is 4.79 Å². The van der Waals surface area contributed by atoms with Crippen molar-refractivity contribution in [3.05, 3.63) is 12.7 Å². The summed E-state index contributed by atoms with van der Waals surface area (Å²) in [6.07, 6.45) is 4.36. The molecule has 80 valence electrons. The van der Waals surface area contributed by atoms with Gasteiger partial charge in [0.1, 0.15) is 0 Å². The predicted octanol–water partition coefficient (Wildman–Crippen LogP) is 1.02. The van der Waals surface area contributed by atoms with Gasteiger partial charge in [-0.25, -0.2) is 4.79 Å². The van der Waals surface area contributed by atoms with E-state index in [2.05, 4.69) is 18.8 Å². The largest absolute Gasteiger partial charge is 0.459 e. The van der Waals surface area contributed by atoms with Gasteiger partial charge in [0.2, 0.25) is 0 Å². The molecule has 0 spiro atoms. The number of carbonyl (C=O) groups is 2. The van der Waals surface area contributed by atoms with Crippen LogP contribution in [0.25, 0.3) is 0 Å². The smallest absolute Gasteiger partial charge is 0.396 e. The number of hydrogen-bond donors (Lipinski definition) is 1. The first-order valence-electron chi connectivity index (χ1n) is 4.78. The molecular formula is C10H17NO3. The van der Waals surface area contributed by atoms with E-state index < -0.39 is 11.9 Å². The Morgan fingerprint density at radius 1 is 1.43 bits per heavy atom. The fraction of sp³-hybridized carbons (Fsp3) is 0.600. The number of hydrogen-bond acceptors (Lipinski definition) is 3. The predicted molar refractivity (Wildman–Crippen MR) is 53.7 cm³/mol. The summed E-state index contributed by atoms with van der Waals surface area (Å²) in [7, 11) is 0. The van der Waals surface area contributed by atoms with Gasteiger partial charge in [0.15, 0.2) is 0 Å². The Morgan fingerprint density at radius 3 is 2.71 bits per heavy atom. The van der Waals surface area contributed by atoms with Gasteiger partial charge in [0.25, 0.3) is 0 Å². The van der Waals surface area contributed by atoms with Crippen LogP contribution in [-0.2, 0) is 14.3 Å². The highest BCUT2D eigenvalue weighted by Gasteiger charge is 2.12. The zero-order chi connectivity index (χ0) is 10.8. The summed E-state index contributed by atoms with van der Waals surface area (Å²) < 4.78 is 4.72. The Balaban J connectivity index is 3.52. The lowest BCUT2D eigenvalue weighted by Gasteiger charge is -2.03. The van der Waals surface area contributed by atoms with Crippen molar-refractivity contribution in [1.82, 2.24) is 5.32 Å². The van der Waals surface area contributed by atoms with E-state index in [-0.39, 0.29) is 6.54 Å². The van der Waals surface area contributed by atoms with Crippen molar-refractivity contribution in [3.63, 3.8) is 0 Å². The number of amides is 1. The molecule has 0 bridgehead atoms. The third-order valence-electron chi connectivity index (χ3n) is 1.57. The van der Waals surface area contributed by atoms with E-state index in [1.807, 2.05) is 0 Å². The Bertz CT molecular complexity index is 202. The summed E-state index contributed by atoms with van der Waals surface area (Å²) >= 11 is 0. The molecule has 1 amide bonds.